The molecule has 0 spiro atoms. The molecular weight excluding hydrogens is 374 g/mol. The van der Waals surface area contributed by atoms with Crippen LogP contribution in [0.1, 0.15) is 16.1 Å². The van der Waals surface area contributed by atoms with Gasteiger partial charge in [0.25, 0.3) is 0 Å². The van der Waals surface area contributed by atoms with Gasteiger partial charge in [0.2, 0.25) is 5.75 Å². The van der Waals surface area contributed by atoms with Crippen molar-refractivity contribution >= 4 is 28.6 Å². The first kappa shape index (κ1) is 16.9. The van der Waals surface area contributed by atoms with Crippen molar-refractivity contribution in [3.05, 3.63) is 45.6 Å². The topological polar surface area (TPSA) is 66.9 Å². The number of rotatable bonds is 5. The molecule has 0 saturated heterocycles. The number of thiophene rings is 1. The molecule has 134 valence electrons. The molecule has 1 aliphatic rings. The number of thiazole rings is 1. The van der Waals surface area contributed by atoms with Crippen molar-refractivity contribution in [3.63, 3.8) is 0 Å². The smallest absolute Gasteiger partial charge is 0.338 e. The number of ether oxygens (including phenoxy) is 4. The van der Waals surface area contributed by atoms with E-state index >= 15 is 0 Å². The summed E-state index contributed by atoms with van der Waals surface area (Å²) in [6.45, 7) is 0.985. The lowest BCUT2D eigenvalue weighted by Crippen LogP contribution is -2.17. The van der Waals surface area contributed by atoms with Gasteiger partial charge in [0.1, 0.15) is 24.8 Å². The van der Waals surface area contributed by atoms with E-state index in [1.54, 1.807) is 23.5 Å². The number of hydrogen-bond donors (Lipinski definition) is 0. The lowest BCUT2D eigenvalue weighted by molar-refractivity contribution is 0.0467. The number of aromatic nitrogens is 1. The SMILES string of the molecule is COc1cc(C(=O)OCc2csc(-c3ccsc3)n2)cc2c1OCCO2. The number of carbonyl (C=O) groups is 1. The van der Waals surface area contributed by atoms with Crippen molar-refractivity contribution in [2.75, 3.05) is 20.3 Å². The second-order valence-electron chi connectivity index (χ2n) is 5.43. The highest BCUT2D eigenvalue weighted by Gasteiger charge is 2.21. The largest absolute Gasteiger partial charge is 0.493 e. The molecule has 1 aromatic carbocycles. The predicted octanol–water partition coefficient (Wildman–Crippen LogP) is 4.01. The van der Waals surface area contributed by atoms with Crippen LogP contribution in [-0.4, -0.2) is 31.3 Å². The molecule has 4 rings (SSSR count). The van der Waals surface area contributed by atoms with Crippen molar-refractivity contribution < 1.29 is 23.7 Å². The van der Waals surface area contributed by atoms with Gasteiger partial charge in [-0.1, -0.05) is 0 Å². The van der Waals surface area contributed by atoms with Gasteiger partial charge in [-0.25, -0.2) is 9.78 Å². The third kappa shape index (κ3) is 3.38. The fourth-order valence-corrected chi connectivity index (χ4v) is 4.02. The van der Waals surface area contributed by atoms with Gasteiger partial charge in [-0.2, -0.15) is 11.3 Å². The molecule has 0 fully saturated rings. The second-order valence-corrected chi connectivity index (χ2v) is 7.07. The van der Waals surface area contributed by atoms with E-state index < -0.39 is 5.97 Å². The highest BCUT2D eigenvalue weighted by molar-refractivity contribution is 7.14. The first-order valence-corrected chi connectivity index (χ1v) is 9.68. The van der Waals surface area contributed by atoms with Gasteiger partial charge >= 0.3 is 5.97 Å². The normalized spacial score (nSPS) is 12.7. The molecule has 3 aromatic rings. The number of hydrogen-bond acceptors (Lipinski definition) is 8. The maximum atomic E-state index is 12.4. The van der Waals surface area contributed by atoms with Crippen molar-refractivity contribution in [2.24, 2.45) is 0 Å². The number of benzene rings is 1. The molecule has 0 bridgehead atoms. The number of nitrogens with zero attached hydrogens (tertiary/aromatic N) is 1. The molecule has 8 heteroatoms. The van der Waals surface area contributed by atoms with E-state index in [1.165, 1.54) is 18.4 Å². The average Bonchev–Trinajstić information content (AvgIpc) is 3.36. The monoisotopic (exact) mass is 389 g/mol. The first-order valence-electron chi connectivity index (χ1n) is 7.86. The number of esters is 1. The number of fused-ring (bicyclic) bond motifs is 1. The van der Waals surface area contributed by atoms with Crippen LogP contribution in [0.4, 0.5) is 0 Å². The molecule has 2 aromatic heterocycles. The highest BCUT2D eigenvalue weighted by Crippen LogP contribution is 2.40. The van der Waals surface area contributed by atoms with Crippen LogP contribution in [0, 0.1) is 0 Å². The van der Waals surface area contributed by atoms with Crippen molar-refractivity contribution in [1.82, 2.24) is 4.98 Å². The van der Waals surface area contributed by atoms with Crippen LogP contribution in [0.2, 0.25) is 0 Å². The van der Waals surface area contributed by atoms with E-state index in [1.807, 2.05) is 22.2 Å². The van der Waals surface area contributed by atoms with E-state index in [9.17, 15) is 4.79 Å². The number of carbonyl (C=O) groups excluding carboxylic acids is 1. The Bertz CT molecular complexity index is 903. The van der Waals surface area contributed by atoms with Gasteiger partial charge in [0.15, 0.2) is 11.5 Å². The number of methoxy groups -OCH3 is 1. The maximum absolute atomic E-state index is 12.4. The zero-order valence-electron chi connectivity index (χ0n) is 13.9. The van der Waals surface area contributed by atoms with Gasteiger partial charge in [-0.3, -0.25) is 0 Å². The summed E-state index contributed by atoms with van der Waals surface area (Å²) >= 11 is 3.15. The minimum absolute atomic E-state index is 0.107. The molecule has 0 saturated carbocycles. The molecule has 0 radical (unpaired) electrons. The predicted molar refractivity (Wildman–Crippen MR) is 98.5 cm³/mol. The molecule has 26 heavy (non-hydrogen) atoms. The van der Waals surface area contributed by atoms with Crippen molar-refractivity contribution in [1.29, 1.82) is 0 Å². The summed E-state index contributed by atoms with van der Waals surface area (Å²) in [6.07, 6.45) is 0. The fraction of sp³-hybridized carbons (Fsp3) is 0.222. The molecule has 3 heterocycles. The Morgan fingerprint density at radius 1 is 1.27 bits per heavy atom. The van der Waals surface area contributed by atoms with Crippen LogP contribution >= 0.6 is 22.7 Å². The third-order valence-corrected chi connectivity index (χ3v) is 5.36. The minimum Gasteiger partial charge on any atom is -0.493 e. The van der Waals surface area contributed by atoms with Gasteiger partial charge in [-0.15, -0.1) is 11.3 Å². The highest BCUT2D eigenvalue weighted by atomic mass is 32.1. The van der Waals surface area contributed by atoms with E-state index in [0.29, 0.717) is 41.7 Å². The zero-order valence-corrected chi connectivity index (χ0v) is 15.5. The molecule has 1 aliphatic heterocycles. The summed E-state index contributed by atoms with van der Waals surface area (Å²) in [5, 5.41) is 6.85. The molecular formula is C18H15NO5S2. The summed E-state index contributed by atoms with van der Waals surface area (Å²) in [7, 11) is 1.52. The summed E-state index contributed by atoms with van der Waals surface area (Å²) in [5.41, 5.74) is 2.14. The fourth-order valence-electron chi connectivity index (χ4n) is 2.51. The van der Waals surface area contributed by atoms with Gasteiger partial charge in [0.05, 0.1) is 18.4 Å². The van der Waals surface area contributed by atoms with Crippen LogP contribution < -0.4 is 14.2 Å². The summed E-state index contributed by atoms with van der Waals surface area (Å²) < 4.78 is 21.8. The molecule has 0 atom stereocenters. The quantitative estimate of drug-likeness (QED) is 0.614. The summed E-state index contributed by atoms with van der Waals surface area (Å²) in [4.78, 5) is 16.9. The van der Waals surface area contributed by atoms with Gasteiger partial charge in [0, 0.05) is 16.3 Å². The summed E-state index contributed by atoms with van der Waals surface area (Å²) in [5.74, 6) is 0.971. The molecule has 0 N–H and O–H groups in total. The first-order chi connectivity index (χ1) is 12.7. The van der Waals surface area contributed by atoms with Crippen LogP contribution in [0.15, 0.2) is 34.3 Å². The van der Waals surface area contributed by atoms with E-state index in [-0.39, 0.29) is 6.61 Å². The van der Waals surface area contributed by atoms with Crippen LogP contribution in [0.3, 0.4) is 0 Å². The lowest BCUT2D eigenvalue weighted by atomic mass is 10.1. The Labute approximate surface area is 157 Å². The summed E-state index contributed by atoms with van der Waals surface area (Å²) in [6, 6.07) is 5.21. The molecule has 0 amide bonds. The van der Waals surface area contributed by atoms with Crippen LogP contribution in [-0.2, 0) is 11.3 Å². The Morgan fingerprint density at radius 2 is 2.15 bits per heavy atom. The molecule has 6 nitrogen and oxygen atoms in total. The zero-order chi connectivity index (χ0) is 17.9. The van der Waals surface area contributed by atoms with Gasteiger partial charge in [-0.05, 0) is 23.6 Å². The third-order valence-electron chi connectivity index (χ3n) is 3.73. The molecule has 0 unspecified atom stereocenters. The van der Waals surface area contributed by atoms with E-state index in [4.69, 9.17) is 18.9 Å². The van der Waals surface area contributed by atoms with E-state index in [2.05, 4.69) is 4.98 Å². The second kappa shape index (κ2) is 7.35. The van der Waals surface area contributed by atoms with Gasteiger partial charge < -0.3 is 18.9 Å². The molecule has 0 aliphatic carbocycles. The van der Waals surface area contributed by atoms with Crippen molar-refractivity contribution in [3.8, 4) is 27.8 Å². The maximum Gasteiger partial charge on any atom is 0.338 e. The Morgan fingerprint density at radius 3 is 2.96 bits per heavy atom. The van der Waals surface area contributed by atoms with Crippen LogP contribution in [0.25, 0.3) is 10.6 Å². The van der Waals surface area contributed by atoms with Crippen molar-refractivity contribution in [2.45, 2.75) is 6.61 Å². The Kier molecular flexibility index (Phi) is 4.77. The lowest BCUT2D eigenvalue weighted by Gasteiger charge is -2.21. The standard InChI is InChI=1S/C18H15NO5S2/c1-21-14-6-12(7-15-16(14)23-4-3-22-15)18(20)24-8-13-10-26-17(19-13)11-2-5-25-9-11/h2,5-7,9-10H,3-4,8H2,1H3. The Hall–Kier alpha value is -2.58. The Balaban J connectivity index is 1.47. The minimum atomic E-state index is -0.467. The average molecular weight is 389 g/mol. The van der Waals surface area contributed by atoms with E-state index in [0.717, 1.165) is 10.6 Å². The van der Waals surface area contributed by atoms with Crippen LogP contribution in [0.5, 0.6) is 17.2 Å².